The molecule has 1 aromatic rings. The van der Waals surface area contributed by atoms with Crippen molar-refractivity contribution < 1.29 is 19.1 Å². The number of hydrogen-bond donors (Lipinski definition) is 1. The van der Waals surface area contributed by atoms with Gasteiger partial charge in [0, 0.05) is 37.3 Å². The van der Waals surface area contributed by atoms with Crippen LogP contribution >= 0.6 is 0 Å². The van der Waals surface area contributed by atoms with E-state index in [4.69, 9.17) is 9.47 Å². The largest absolute Gasteiger partial charge is 0.454 e. The van der Waals surface area contributed by atoms with Gasteiger partial charge in [0.25, 0.3) is 0 Å². The minimum Gasteiger partial charge on any atom is -0.454 e. The number of likely N-dealkylation sites (tertiary alicyclic amines) is 1. The zero-order valence-corrected chi connectivity index (χ0v) is 17.2. The highest BCUT2D eigenvalue weighted by Crippen LogP contribution is 2.37. The quantitative estimate of drug-likeness (QED) is 0.760. The van der Waals surface area contributed by atoms with Crippen LogP contribution in [0.15, 0.2) is 18.2 Å². The van der Waals surface area contributed by atoms with E-state index in [1.54, 1.807) is 4.90 Å². The minimum atomic E-state index is -0.305. The van der Waals surface area contributed by atoms with Gasteiger partial charge in [-0.2, -0.15) is 0 Å². The Morgan fingerprint density at radius 3 is 2.97 bits per heavy atom. The summed E-state index contributed by atoms with van der Waals surface area (Å²) in [7, 11) is 0. The number of benzene rings is 1. The van der Waals surface area contributed by atoms with Crippen molar-refractivity contribution in [1.82, 2.24) is 10.2 Å². The van der Waals surface area contributed by atoms with Gasteiger partial charge in [0.1, 0.15) is 0 Å². The summed E-state index contributed by atoms with van der Waals surface area (Å²) in [5, 5.41) is 3.13. The van der Waals surface area contributed by atoms with E-state index < -0.39 is 0 Å². The van der Waals surface area contributed by atoms with E-state index in [9.17, 15) is 9.59 Å². The van der Waals surface area contributed by atoms with Crippen LogP contribution in [0.3, 0.4) is 0 Å². The van der Waals surface area contributed by atoms with E-state index in [1.165, 1.54) is 25.7 Å². The number of anilines is 1. The Kier molecular flexibility index (Phi) is 6.23. The SMILES string of the molecule is CCCCN1CCCCC1CNC(=O)C1CC(=O)N(c2ccc3c(c2)OCO3)C1. The molecule has 3 aliphatic rings. The highest BCUT2D eigenvalue weighted by Gasteiger charge is 2.36. The summed E-state index contributed by atoms with van der Waals surface area (Å²) in [6.07, 6.45) is 6.25. The third kappa shape index (κ3) is 4.50. The first-order valence-corrected chi connectivity index (χ1v) is 10.9. The third-order valence-corrected chi connectivity index (χ3v) is 6.22. The average molecular weight is 402 g/mol. The molecule has 158 valence electrons. The van der Waals surface area contributed by atoms with Gasteiger partial charge in [-0.05, 0) is 44.5 Å². The molecule has 0 aliphatic carbocycles. The van der Waals surface area contributed by atoms with Crippen molar-refractivity contribution in [1.29, 1.82) is 0 Å². The van der Waals surface area contributed by atoms with Crippen molar-refractivity contribution in [3.05, 3.63) is 18.2 Å². The maximum Gasteiger partial charge on any atom is 0.231 e. The number of carbonyl (C=O) groups is 2. The molecule has 2 unspecified atom stereocenters. The van der Waals surface area contributed by atoms with Crippen LogP contribution in [-0.2, 0) is 9.59 Å². The number of nitrogens with zero attached hydrogens (tertiary/aromatic N) is 2. The molecule has 2 fully saturated rings. The standard InChI is InChI=1S/C22H31N3O4/c1-2-3-9-24-10-5-4-6-18(24)13-23-22(27)16-11-21(26)25(14-16)17-7-8-19-20(12-17)29-15-28-19/h7-8,12,16,18H,2-6,9-11,13-15H2,1H3,(H,23,27). The number of hydrogen-bond acceptors (Lipinski definition) is 5. The van der Waals surface area contributed by atoms with Crippen molar-refractivity contribution in [2.75, 3.05) is 37.9 Å². The molecule has 2 saturated heterocycles. The first kappa shape index (κ1) is 20.0. The highest BCUT2D eigenvalue weighted by atomic mass is 16.7. The van der Waals surface area contributed by atoms with Crippen LogP contribution in [0.4, 0.5) is 5.69 Å². The van der Waals surface area contributed by atoms with Crippen LogP contribution in [0.1, 0.15) is 45.4 Å². The van der Waals surface area contributed by atoms with Crippen LogP contribution in [0.2, 0.25) is 0 Å². The van der Waals surface area contributed by atoms with Crippen molar-refractivity contribution in [3.8, 4) is 11.5 Å². The Bertz CT molecular complexity index is 754. The Hall–Kier alpha value is -2.28. The topological polar surface area (TPSA) is 71.1 Å². The van der Waals surface area contributed by atoms with Crippen LogP contribution in [0.5, 0.6) is 11.5 Å². The van der Waals surface area contributed by atoms with Gasteiger partial charge in [0.15, 0.2) is 11.5 Å². The zero-order chi connectivity index (χ0) is 20.2. The molecule has 2 atom stereocenters. The molecule has 3 heterocycles. The number of unbranched alkanes of at least 4 members (excludes halogenated alkanes) is 1. The summed E-state index contributed by atoms with van der Waals surface area (Å²) in [4.78, 5) is 29.5. The summed E-state index contributed by atoms with van der Waals surface area (Å²) >= 11 is 0. The number of piperidine rings is 1. The second-order valence-electron chi connectivity index (χ2n) is 8.23. The fourth-order valence-electron chi connectivity index (χ4n) is 4.50. The van der Waals surface area contributed by atoms with Crippen molar-refractivity contribution in [2.24, 2.45) is 5.92 Å². The van der Waals surface area contributed by atoms with E-state index in [0.717, 1.165) is 25.2 Å². The molecular formula is C22H31N3O4. The van der Waals surface area contributed by atoms with Gasteiger partial charge in [0.05, 0.1) is 5.92 Å². The monoisotopic (exact) mass is 401 g/mol. The third-order valence-electron chi connectivity index (χ3n) is 6.22. The molecular weight excluding hydrogens is 370 g/mol. The fraction of sp³-hybridized carbons (Fsp3) is 0.636. The maximum absolute atomic E-state index is 12.8. The van der Waals surface area contributed by atoms with Crippen molar-refractivity contribution in [2.45, 2.75) is 51.5 Å². The second kappa shape index (κ2) is 9.03. The summed E-state index contributed by atoms with van der Waals surface area (Å²) in [5.41, 5.74) is 0.757. The highest BCUT2D eigenvalue weighted by molar-refractivity contribution is 6.00. The summed E-state index contributed by atoms with van der Waals surface area (Å²) in [5.74, 6) is 0.997. The van der Waals surface area contributed by atoms with Gasteiger partial charge >= 0.3 is 0 Å². The Labute approximate surface area is 172 Å². The molecule has 4 rings (SSSR count). The van der Waals surface area contributed by atoms with Gasteiger partial charge in [-0.15, -0.1) is 0 Å². The van der Waals surface area contributed by atoms with E-state index in [-0.39, 0.29) is 30.9 Å². The molecule has 0 aromatic heterocycles. The number of amides is 2. The van der Waals surface area contributed by atoms with Gasteiger partial charge in [-0.25, -0.2) is 0 Å². The predicted octanol–water partition coefficient (Wildman–Crippen LogP) is 2.54. The number of carbonyl (C=O) groups excluding carboxylic acids is 2. The molecule has 7 nitrogen and oxygen atoms in total. The van der Waals surface area contributed by atoms with Crippen molar-refractivity contribution >= 4 is 17.5 Å². The molecule has 0 radical (unpaired) electrons. The van der Waals surface area contributed by atoms with Gasteiger partial charge in [-0.3, -0.25) is 14.5 Å². The molecule has 29 heavy (non-hydrogen) atoms. The maximum atomic E-state index is 12.8. The number of nitrogens with one attached hydrogen (secondary N) is 1. The van der Waals surface area contributed by atoms with E-state index in [0.29, 0.717) is 30.6 Å². The molecule has 1 N–H and O–H groups in total. The molecule has 2 amide bonds. The normalized spacial score (nSPS) is 24.2. The lowest BCUT2D eigenvalue weighted by Gasteiger charge is -2.36. The Morgan fingerprint density at radius 1 is 1.24 bits per heavy atom. The van der Waals surface area contributed by atoms with Gasteiger partial charge in [-0.1, -0.05) is 19.8 Å². The minimum absolute atomic E-state index is 0.0115. The lowest BCUT2D eigenvalue weighted by atomic mass is 10.0. The van der Waals surface area contributed by atoms with Crippen LogP contribution in [-0.4, -0.2) is 55.7 Å². The lowest BCUT2D eigenvalue weighted by molar-refractivity contribution is -0.126. The van der Waals surface area contributed by atoms with Crippen LogP contribution in [0.25, 0.3) is 0 Å². The van der Waals surface area contributed by atoms with Crippen LogP contribution in [0, 0.1) is 5.92 Å². The number of rotatable bonds is 7. The Morgan fingerprint density at radius 2 is 2.10 bits per heavy atom. The smallest absolute Gasteiger partial charge is 0.231 e. The Balaban J connectivity index is 1.32. The molecule has 0 saturated carbocycles. The van der Waals surface area contributed by atoms with Gasteiger partial charge in [0.2, 0.25) is 18.6 Å². The lowest BCUT2D eigenvalue weighted by Crippen LogP contribution is -2.48. The zero-order valence-electron chi connectivity index (χ0n) is 17.2. The first-order chi connectivity index (χ1) is 14.2. The molecule has 3 aliphatic heterocycles. The first-order valence-electron chi connectivity index (χ1n) is 10.9. The van der Waals surface area contributed by atoms with Crippen molar-refractivity contribution in [3.63, 3.8) is 0 Å². The number of fused-ring (bicyclic) bond motifs is 1. The average Bonchev–Trinajstić information content (AvgIpc) is 3.36. The molecule has 0 bridgehead atoms. The summed E-state index contributed by atoms with van der Waals surface area (Å²) in [6, 6.07) is 5.89. The van der Waals surface area contributed by atoms with Gasteiger partial charge < -0.3 is 19.7 Å². The predicted molar refractivity (Wildman–Crippen MR) is 110 cm³/mol. The summed E-state index contributed by atoms with van der Waals surface area (Å²) < 4.78 is 10.7. The molecule has 1 aromatic carbocycles. The fourth-order valence-corrected chi connectivity index (χ4v) is 4.50. The summed E-state index contributed by atoms with van der Waals surface area (Å²) in [6.45, 7) is 5.74. The van der Waals surface area contributed by atoms with E-state index in [1.807, 2.05) is 18.2 Å². The van der Waals surface area contributed by atoms with Crippen LogP contribution < -0.4 is 19.7 Å². The molecule has 0 spiro atoms. The molecule has 7 heteroatoms. The van der Waals surface area contributed by atoms with E-state index >= 15 is 0 Å². The second-order valence-corrected chi connectivity index (χ2v) is 8.23. The van der Waals surface area contributed by atoms with E-state index in [2.05, 4.69) is 17.1 Å². The number of ether oxygens (including phenoxy) is 2.